The molecule has 6 heterocycles. The van der Waals surface area contributed by atoms with E-state index in [4.69, 9.17) is 0 Å². The molecule has 9 nitrogen and oxygen atoms in total. The van der Waals surface area contributed by atoms with Crippen LogP contribution in [0.4, 0.5) is 16.2 Å². The first-order valence-corrected chi connectivity index (χ1v) is 10.9. The number of nitrogens with zero attached hydrogens (tertiary/aromatic N) is 6. The predicted molar refractivity (Wildman–Crippen MR) is 125 cm³/mol. The van der Waals surface area contributed by atoms with Crippen molar-refractivity contribution in [3.63, 3.8) is 0 Å². The molecular weight excluding hydrogens is 421 g/mol. The van der Waals surface area contributed by atoms with E-state index in [2.05, 4.69) is 52.6 Å². The van der Waals surface area contributed by atoms with Gasteiger partial charge in [0, 0.05) is 86.4 Å². The van der Waals surface area contributed by atoms with Gasteiger partial charge in [-0.05, 0) is 17.7 Å². The zero-order valence-electron chi connectivity index (χ0n) is 17.8. The first kappa shape index (κ1) is 19.6. The Bertz CT molecular complexity index is 1420. The largest absolute Gasteiger partial charge is 0.354 e. The van der Waals surface area contributed by atoms with Gasteiger partial charge in [0.15, 0.2) is 11.5 Å². The highest BCUT2D eigenvalue weighted by molar-refractivity contribution is 5.93. The van der Waals surface area contributed by atoms with Crippen molar-refractivity contribution in [3.8, 4) is 11.1 Å². The Kier molecular flexibility index (Phi) is 4.84. The normalized spacial score (nSPS) is 14.3. The third kappa shape index (κ3) is 3.74. The fourth-order valence-electron chi connectivity index (χ4n) is 4.15. The number of nitrogens with one attached hydrogen (secondary N) is 3. The van der Waals surface area contributed by atoms with Crippen LogP contribution < -0.4 is 15.5 Å². The number of pyridine rings is 2. The molecule has 3 N–H and O–H groups in total. The van der Waals surface area contributed by atoms with Crippen LogP contribution in [0.25, 0.3) is 27.8 Å². The van der Waals surface area contributed by atoms with E-state index in [0.29, 0.717) is 23.8 Å². The van der Waals surface area contributed by atoms with E-state index >= 15 is 0 Å². The van der Waals surface area contributed by atoms with Crippen molar-refractivity contribution >= 4 is 28.4 Å². The first-order valence-electron chi connectivity index (χ1n) is 10.9. The monoisotopic (exact) mass is 443 g/mol. The fourth-order valence-corrected chi connectivity index (χ4v) is 4.15. The predicted octanol–water partition coefficient (Wildman–Crippen LogP) is 2.83. The second kappa shape index (κ2) is 8.14. The standard InChI is InChI=1S/C23H22FN9/c24-19-9-16(14-33-8-5-26-22(19)33)17-12-28-21-18(17)13-30-23(31-21)29-11-15-1-2-20(27-10-15)32-6-3-25-4-7-32/h1-2,5,8-10,12-14,25H,3-4,6-7,11H2,(H2,28,29,30,31). The molecule has 1 aliphatic heterocycles. The molecule has 0 bridgehead atoms. The van der Waals surface area contributed by atoms with Crippen molar-refractivity contribution in [1.29, 1.82) is 0 Å². The lowest BCUT2D eigenvalue weighted by Gasteiger charge is -2.28. The number of imidazole rings is 1. The Morgan fingerprint density at radius 3 is 2.85 bits per heavy atom. The molecule has 5 aromatic heterocycles. The summed E-state index contributed by atoms with van der Waals surface area (Å²) >= 11 is 0. The number of fused-ring (bicyclic) bond motifs is 2. The van der Waals surface area contributed by atoms with Gasteiger partial charge < -0.3 is 24.9 Å². The van der Waals surface area contributed by atoms with Crippen LogP contribution in [0.5, 0.6) is 0 Å². The maximum Gasteiger partial charge on any atom is 0.224 e. The minimum absolute atomic E-state index is 0.303. The van der Waals surface area contributed by atoms with Gasteiger partial charge >= 0.3 is 0 Å². The lowest BCUT2D eigenvalue weighted by molar-refractivity contribution is 0.585. The van der Waals surface area contributed by atoms with Crippen molar-refractivity contribution in [2.75, 3.05) is 36.4 Å². The summed E-state index contributed by atoms with van der Waals surface area (Å²) in [5.41, 5.74) is 3.59. The average molecular weight is 443 g/mol. The molecule has 0 atom stereocenters. The number of aromatic amines is 1. The fraction of sp³-hybridized carbons (Fsp3) is 0.217. The second-order valence-corrected chi connectivity index (χ2v) is 8.01. The molecule has 1 aliphatic rings. The van der Waals surface area contributed by atoms with E-state index in [0.717, 1.165) is 54.1 Å². The van der Waals surface area contributed by atoms with Gasteiger partial charge in [0.2, 0.25) is 5.95 Å². The molecule has 0 radical (unpaired) electrons. The summed E-state index contributed by atoms with van der Waals surface area (Å²) < 4.78 is 16.1. The summed E-state index contributed by atoms with van der Waals surface area (Å²) in [5, 5.41) is 7.42. The molecule has 1 saturated heterocycles. The van der Waals surface area contributed by atoms with Crippen LogP contribution >= 0.6 is 0 Å². The second-order valence-electron chi connectivity index (χ2n) is 8.01. The molecule has 1 fully saturated rings. The number of piperazine rings is 1. The molecule has 0 unspecified atom stereocenters. The van der Waals surface area contributed by atoms with E-state index in [9.17, 15) is 4.39 Å². The molecule has 5 aromatic rings. The van der Waals surface area contributed by atoms with Gasteiger partial charge in [0.1, 0.15) is 11.5 Å². The number of halogens is 1. The van der Waals surface area contributed by atoms with Crippen LogP contribution in [-0.2, 0) is 6.54 Å². The minimum Gasteiger partial charge on any atom is -0.354 e. The van der Waals surface area contributed by atoms with Crippen LogP contribution in [0.2, 0.25) is 0 Å². The summed E-state index contributed by atoms with van der Waals surface area (Å²) in [6, 6.07) is 5.61. The number of rotatable bonds is 5. The van der Waals surface area contributed by atoms with Crippen molar-refractivity contribution in [1.82, 2.24) is 34.6 Å². The van der Waals surface area contributed by atoms with Crippen molar-refractivity contribution in [3.05, 3.63) is 66.8 Å². The van der Waals surface area contributed by atoms with Gasteiger partial charge in [-0.2, -0.15) is 4.98 Å². The topological polar surface area (TPSA) is 99.1 Å². The first-order chi connectivity index (χ1) is 16.2. The highest BCUT2D eigenvalue weighted by Gasteiger charge is 2.13. The van der Waals surface area contributed by atoms with Gasteiger partial charge in [-0.15, -0.1) is 0 Å². The summed E-state index contributed by atoms with van der Waals surface area (Å²) in [7, 11) is 0. The molecule has 0 aliphatic carbocycles. The van der Waals surface area contributed by atoms with E-state index in [1.54, 1.807) is 23.0 Å². The summed E-state index contributed by atoms with van der Waals surface area (Å²) in [5.74, 6) is 1.14. The van der Waals surface area contributed by atoms with Gasteiger partial charge in [-0.1, -0.05) is 6.07 Å². The van der Waals surface area contributed by atoms with E-state index < -0.39 is 0 Å². The number of anilines is 2. The van der Waals surface area contributed by atoms with E-state index in [1.807, 2.05) is 18.6 Å². The maximum absolute atomic E-state index is 14.4. The molecule has 0 aromatic carbocycles. The quantitative estimate of drug-likeness (QED) is 0.384. The lowest BCUT2D eigenvalue weighted by atomic mass is 10.1. The van der Waals surface area contributed by atoms with Crippen LogP contribution in [0, 0.1) is 5.82 Å². The Labute approximate surface area is 188 Å². The Hall–Kier alpha value is -4.05. The Morgan fingerprint density at radius 2 is 2.00 bits per heavy atom. The highest BCUT2D eigenvalue weighted by atomic mass is 19.1. The highest BCUT2D eigenvalue weighted by Crippen LogP contribution is 2.29. The van der Waals surface area contributed by atoms with E-state index in [1.165, 1.54) is 6.07 Å². The molecular formula is C23H22FN9. The Morgan fingerprint density at radius 1 is 1.09 bits per heavy atom. The van der Waals surface area contributed by atoms with Gasteiger partial charge in [0.05, 0.1) is 0 Å². The maximum atomic E-state index is 14.4. The van der Waals surface area contributed by atoms with Crippen molar-refractivity contribution < 1.29 is 4.39 Å². The molecule has 166 valence electrons. The number of hydrogen-bond acceptors (Lipinski definition) is 7. The third-order valence-electron chi connectivity index (χ3n) is 5.89. The third-order valence-corrected chi connectivity index (χ3v) is 5.89. The lowest BCUT2D eigenvalue weighted by Crippen LogP contribution is -2.43. The van der Waals surface area contributed by atoms with Gasteiger partial charge in [-0.3, -0.25) is 0 Å². The Balaban J connectivity index is 1.18. The number of aromatic nitrogens is 6. The molecule has 0 spiro atoms. The molecule has 0 amide bonds. The molecule has 6 rings (SSSR count). The number of hydrogen-bond donors (Lipinski definition) is 3. The molecule has 0 saturated carbocycles. The SMILES string of the molecule is Fc1cc(-c2c[nH]c3nc(NCc4ccc(N5CCNCC5)nc4)ncc23)cn2ccnc12. The van der Waals surface area contributed by atoms with Crippen LogP contribution in [-0.4, -0.2) is 55.5 Å². The van der Waals surface area contributed by atoms with Crippen molar-refractivity contribution in [2.45, 2.75) is 6.54 Å². The summed E-state index contributed by atoms with van der Waals surface area (Å²) in [6.45, 7) is 4.48. The van der Waals surface area contributed by atoms with Gasteiger partial charge in [0.25, 0.3) is 0 Å². The summed E-state index contributed by atoms with van der Waals surface area (Å²) in [4.78, 5) is 23.1. The molecule has 10 heteroatoms. The average Bonchev–Trinajstić information content (AvgIpc) is 3.51. The number of H-pyrrole nitrogens is 1. The van der Waals surface area contributed by atoms with Gasteiger partial charge in [-0.25, -0.2) is 19.3 Å². The zero-order chi connectivity index (χ0) is 22.2. The zero-order valence-corrected chi connectivity index (χ0v) is 17.8. The van der Waals surface area contributed by atoms with Crippen LogP contribution in [0.15, 0.2) is 55.4 Å². The summed E-state index contributed by atoms with van der Waals surface area (Å²) in [6.07, 6.45) is 10.6. The molecule has 33 heavy (non-hydrogen) atoms. The van der Waals surface area contributed by atoms with Crippen LogP contribution in [0.1, 0.15) is 5.56 Å². The minimum atomic E-state index is -0.373. The van der Waals surface area contributed by atoms with Crippen LogP contribution in [0.3, 0.4) is 0 Å². The van der Waals surface area contributed by atoms with Crippen molar-refractivity contribution in [2.24, 2.45) is 0 Å². The van der Waals surface area contributed by atoms with E-state index in [-0.39, 0.29) is 5.82 Å². The smallest absolute Gasteiger partial charge is 0.224 e.